The van der Waals surface area contributed by atoms with Crippen LogP contribution in [0.3, 0.4) is 0 Å². The summed E-state index contributed by atoms with van der Waals surface area (Å²) in [4.78, 5) is 13.4. The Morgan fingerprint density at radius 1 is 1.29 bits per heavy atom. The van der Waals surface area contributed by atoms with Crippen molar-refractivity contribution in [3.8, 4) is 11.3 Å². The van der Waals surface area contributed by atoms with E-state index < -0.39 is 0 Å². The van der Waals surface area contributed by atoms with E-state index in [4.69, 9.17) is 15.7 Å². The maximum absolute atomic E-state index is 8.72. The zero-order valence-corrected chi connectivity index (χ0v) is 11.1. The van der Waals surface area contributed by atoms with Gasteiger partial charge >= 0.3 is 0 Å². The van der Waals surface area contributed by atoms with Crippen molar-refractivity contribution in [2.24, 2.45) is 0 Å². The third kappa shape index (κ3) is 2.76. The number of aromatic nitrogens is 4. The number of aromatic amines is 1. The van der Waals surface area contributed by atoms with Crippen LogP contribution in [0.4, 0.5) is 11.8 Å². The number of nitrogens with zero attached hydrogens (tertiary/aromatic N) is 3. The van der Waals surface area contributed by atoms with Gasteiger partial charge < -0.3 is 10.8 Å². The molecule has 0 aliphatic heterocycles. The van der Waals surface area contributed by atoms with Crippen LogP contribution in [0.15, 0.2) is 30.5 Å². The molecule has 0 unspecified atom stereocenters. The van der Waals surface area contributed by atoms with Crippen molar-refractivity contribution >= 4 is 22.7 Å². The highest BCUT2D eigenvalue weighted by molar-refractivity contribution is 5.92. The summed E-state index contributed by atoms with van der Waals surface area (Å²) in [5.41, 5.74) is 10.9. The van der Waals surface area contributed by atoms with Gasteiger partial charge in [-0.25, -0.2) is 10.5 Å². The number of aliphatic hydroxyl groups is 1. The Morgan fingerprint density at radius 3 is 2.95 bits per heavy atom. The Balaban J connectivity index is 2.01. The summed E-state index contributed by atoms with van der Waals surface area (Å²) >= 11 is 0. The van der Waals surface area contributed by atoms with Crippen molar-refractivity contribution < 1.29 is 9.94 Å². The predicted molar refractivity (Wildman–Crippen MR) is 78.2 cm³/mol. The van der Waals surface area contributed by atoms with Crippen LogP contribution in [0.25, 0.3) is 22.2 Å². The molecule has 0 saturated heterocycles. The number of hydrogen-bond donors (Lipinski definition) is 4. The number of hydrogen-bond acceptors (Lipinski definition) is 7. The maximum atomic E-state index is 8.72. The van der Waals surface area contributed by atoms with E-state index in [1.54, 1.807) is 6.20 Å². The van der Waals surface area contributed by atoms with Crippen molar-refractivity contribution in [1.82, 2.24) is 20.2 Å². The smallest absolute Gasteiger partial charge is 0.222 e. The quantitative estimate of drug-likeness (QED) is 0.406. The molecule has 8 nitrogen and oxygen atoms in total. The minimum absolute atomic E-state index is 0.0878. The van der Waals surface area contributed by atoms with Gasteiger partial charge in [-0.2, -0.15) is 10.1 Å². The first kappa shape index (κ1) is 13.3. The van der Waals surface area contributed by atoms with Crippen LogP contribution in [0, 0.1) is 0 Å². The Hall–Kier alpha value is -2.71. The molecule has 0 amide bonds. The third-order valence-electron chi connectivity index (χ3n) is 2.89. The van der Waals surface area contributed by atoms with E-state index >= 15 is 0 Å². The molecule has 8 heteroatoms. The van der Waals surface area contributed by atoms with Crippen molar-refractivity contribution in [2.45, 2.75) is 0 Å². The molecule has 0 fully saturated rings. The molecule has 0 radical (unpaired) electrons. The molecule has 1 aromatic carbocycles. The Bertz CT molecular complexity index is 744. The molecular weight excluding hydrogens is 272 g/mol. The fraction of sp³-hybridized carbons (Fsp3) is 0.154. The first-order valence-corrected chi connectivity index (χ1v) is 6.33. The number of nitrogen functional groups attached to an aromatic ring is 1. The lowest BCUT2D eigenvalue weighted by Crippen LogP contribution is -2.09. The van der Waals surface area contributed by atoms with Crippen LogP contribution in [0.1, 0.15) is 0 Å². The molecule has 108 valence electrons. The Labute approximate surface area is 119 Å². The number of H-pyrrole nitrogens is 1. The van der Waals surface area contributed by atoms with E-state index in [1.165, 1.54) is 0 Å². The summed E-state index contributed by atoms with van der Waals surface area (Å²) in [5, 5.41) is 16.3. The average molecular weight is 286 g/mol. The molecule has 3 aromatic rings. The lowest BCUT2D eigenvalue weighted by molar-refractivity contribution is 0.132. The number of benzene rings is 1. The zero-order valence-electron chi connectivity index (χ0n) is 11.1. The highest BCUT2D eigenvalue weighted by Gasteiger charge is 2.08. The molecule has 0 aliphatic carbocycles. The monoisotopic (exact) mass is 286 g/mol. The number of nitrogens with one attached hydrogen (secondary N) is 2. The number of rotatable bonds is 5. The first-order chi connectivity index (χ1) is 10.3. The van der Waals surface area contributed by atoms with Gasteiger partial charge in [-0.3, -0.25) is 9.94 Å². The number of aliphatic hydroxyl groups excluding tert-OH is 1. The molecule has 2 aromatic heterocycles. The van der Waals surface area contributed by atoms with E-state index in [0.717, 1.165) is 16.6 Å². The zero-order chi connectivity index (χ0) is 14.7. The van der Waals surface area contributed by atoms with E-state index in [1.807, 2.05) is 24.3 Å². The van der Waals surface area contributed by atoms with Crippen LogP contribution < -0.4 is 11.2 Å². The van der Waals surface area contributed by atoms with Gasteiger partial charge in [0.2, 0.25) is 5.95 Å². The summed E-state index contributed by atoms with van der Waals surface area (Å²) in [6, 6.07) is 7.55. The van der Waals surface area contributed by atoms with Crippen LogP contribution >= 0.6 is 0 Å². The van der Waals surface area contributed by atoms with Gasteiger partial charge in [0.15, 0.2) is 5.82 Å². The fourth-order valence-corrected chi connectivity index (χ4v) is 1.97. The van der Waals surface area contributed by atoms with Gasteiger partial charge in [-0.15, -0.1) is 0 Å². The summed E-state index contributed by atoms with van der Waals surface area (Å²) in [6.07, 6.45) is 1.68. The average Bonchev–Trinajstić information content (AvgIpc) is 3.01. The molecule has 2 heterocycles. The van der Waals surface area contributed by atoms with Crippen molar-refractivity contribution in [1.29, 1.82) is 0 Å². The topological polar surface area (TPSA) is 122 Å². The predicted octanol–water partition coefficient (Wildman–Crippen LogP) is 0.938. The first-order valence-electron chi connectivity index (χ1n) is 6.33. The molecule has 0 spiro atoms. The summed E-state index contributed by atoms with van der Waals surface area (Å²) in [7, 11) is 0. The third-order valence-corrected chi connectivity index (χ3v) is 2.89. The minimum Gasteiger partial charge on any atom is -0.394 e. The fourth-order valence-electron chi connectivity index (χ4n) is 1.97. The lowest BCUT2D eigenvalue weighted by Gasteiger charge is -2.09. The van der Waals surface area contributed by atoms with Crippen LogP contribution in [-0.2, 0) is 4.84 Å². The summed E-state index contributed by atoms with van der Waals surface area (Å²) in [6.45, 7) is 0.0626. The molecule has 5 N–H and O–H groups in total. The summed E-state index contributed by atoms with van der Waals surface area (Å²) in [5.74, 6) is 0.599. The molecule has 21 heavy (non-hydrogen) atoms. The van der Waals surface area contributed by atoms with Crippen LogP contribution in [0.5, 0.6) is 0 Å². The SMILES string of the molecule is Nc1nc(NOCCO)c2ccc(-c3ccn[nH]3)cc2n1. The number of anilines is 2. The second kappa shape index (κ2) is 5.73. The van der Waals surface area contributed by atoms with Gasteiger partial charge in [0, 0.05) is 17.1 Å². The van der Waals surface area contributed by atoms with E-state index in [0.29, 0.717) is 11.3 Å². The van der Waals surface area contributed by atoms with Crippen LogP contribution in [-0.4, -0.2) is 38.5 Å². The molecule has 0 bridgehead atoms. The normalized spacial score (nSPS) is 10.9. The number of nitrogens with two attached hydrogens (primary N) is 1. The highest BCUT2D eigenvalue weighted by atomic mass is 16.6. The van der Waals surface area contributed by atoms with Crippen molar-refractivity contribution in [3.63, 3.8) is 0 Å². The van der Waals surface area contributed by atoms with Gasteiger partial charge in [0.05, 0.1) is 24.4 Å². The van der Waals surface area contributed by atoms with Crippen molar-refractivity contribution in [3.05, 3.63) is 30.5 Å². The minimum atomic E-state index is -0.0878. The molecular formula is C13H14N6O2. The van der Waals surface area contributed by atoms with Gasteiger partial charge in [-0.05, 0) is 18.2 Å². The van der Waals surface area contributed by atoms with E-state index in [-0.39, 0.29) is 19.2 Å². The van der Waals surface area contributed by atoms with Gasteiger partial charge in [0.1, 0.15) is 0 Å². The Kier molecular flexibility index (Phi) is 3.63. The largest absolute Gasteiger partial charge is 0.394 e. The second-order valence-corrected chi connectivity index (χ2v) is 4.31. The maximum Gasteiger partial charge on any atom is 0.222 e. The lowest BCUT2D eigenvalue weighted by atomic mass is 10.1. The van der Waals surface area contributed by atoms with Crippen molar-refractivity contribution in [2.75, 3.05) is 24.4 Å². The number of fused-ring (bicyclic) bond motifs is 1. The van der Waals surface area contributed by atoms with Gasteiger partial charge in [-0.1, -0.05) is 6.07 Å². The molecule has 0 saturated carbocycles. The molecule has 3 rings (SSSR count). The molecule has 0 aliphatic rings. The van der Waals surface area contributed by atoms with Gasteiger partial charge in [0.25, 0.3) is 0 Å². The van der Waals surface area contributed by atoms with E-state index in [9.17, 15) is 0 Å². The molecule has 0 atom stereocenters. The summed E-state index contributed by atoms with van der Waals surface area (Å²) < 4.78 is 0. The Morgan fingerprint density at radius 2 is 2.19 bits per heavy atom. The van der Waals surface area contributed by atoms with Crippen LogP contribution in [0.2, 0.25) is 0 Å². The second-order valence-electron chi connectivity index (χ2n) is 4.31. The van der Waals surface area contributed by atoms with E-state index in [2.05, 4.69) is 25.6 Å². The standard InChI is InChI=1S/C13H14N6O2/c14-13-16-11-7-8(10-3-4-15-18-10)1-2-9(11)12(17-13)19-21-6-5-20/h1-4,7,20H,5-6H2,(H,15,18)(H3,14,16,17,19). The highest BCUT2D eigenvalue weighted by Crippen LogP contribution is 2.26.